The first-order valence-corrected chi connectivity index (χ1v) is 26.8. The number of Topliss-reactive ketones (excluding diaryl/α,β-unsaturated/α-hetero) is 1. The molecule has 0 bridgehead atoms. The van der Waals surface area contributed by atoms with Crippen molar-refractivity contribution in [3.05, 3.63) is 12.2 Å². The minimum atomic E-state index is -3.07. The smallest absolute Gasteiger partial charge is 0.327 e. The molecule has 0 aromatic heterocycles. The molecule has 0 saturated carbocycles. The Balaban J connectivity index is 1.21. The molecule has 19 atom stereocenters. The van der Waals surface area contributed by atoms with Gasteiger partial charge in [-0.05, 0) is 115 Å². The van der Waals surface area contributed by atoms with E-state index in [0.29, 0.717) is 77.2 Å². The van der Waals surface area contributed by atoms with Gasteiger partial charge >= 0.3 is 13.6 Å². The zero-order valence-corrected chi connectivity index (χ0v) is 42.0. The molecule has 4 fully saturated rings. The van der Waals surface area contributed by atoms with Gasteiger partial charge < -0.3 is 52.8 Å². The van der Waals surface area contributed by atoms with Crippen molar-refractivity contribution in [2.75, 3.05) is 26.5 Å². The van der Waals surface area contributed by atoms with Crippen LogP contribution in [-0.4, -0.2) is 119 Å². The Morgan fingerprint density at radius 2 is 1.56 bits per heavy atom. The highest BCUT2D eigenvalue weighted by molar-refractivity contribution is 7.52. The minimum Gasteiger partial charge on any atom is -0.465 e. The summed E-state index contributed by atoms with van der Waals surface area (Å²) in [6.45, 7) is 23.8. The maximum atomic E-state index is 14.7. The average molecular weight is 929 g/mol. The van der Waals surface area contributed by atoms with Crippen LogP contribution >= 0.6 is 7.60 Å². The van der Waals surface area contributed by atoms with Gasteiger partial charge in [-0.25, -0.2) is 0 Å². The van der Waals surface area contributed by atoms with Gasteiger partial charge in [0, 0.05) is 36.8 Å². The highest BCUT2D eigenvalue weighted by Gasteiger charge is 2.63. The third-order valence-corrected chi connectivity index (χ3v) is 17.3. The monoisotopic (exact) mass is 929 g/mol. The average Bonchev–Trinajstić information content (AvgIpc) is 3.60. The molecule has 370 valence electrons. The number of hydrogen-bond donors (Lipinski definition) is 3. The first kappa shape index (κ1) is 53.7. The first-order chi connectivity index (χ1) is 30.0. The van der Waals surface area contributed by atoms with E-state index in [1.807, 2.05) is 41.5 Å². The molecule has 3 N–H and O–H groups in total. The SMILES string of the molecule is CCOP(C)(=O)OCCCCOC(=O)[C@@H](CC)[C@H]1CC[C@H](C)[C@H]([C@@H](C)[C@H](O)[C@H](C)C(=O)[C@H](CC)[C@H]2O[C@]3(C=C[C@@H](O)[C@]4(CC[C@@](C)([C@H]5CC[C@](O)(CC)[C@H](C)O5)O4)O3)[C@H](C)C[C@@H]2C)O1. The lowest BCUT2D eigenvalue weighted by Crippen LogP contribution is -2.63. The molecule has 64 heavy (non-hydrogen) atoms. The second kappa shape index (κ2) is 22.0. The van der Waals surface area contributed by atoms with Crippen LogP contribution in [0, 0.1) is 41.4 Å². The standard InChI is InChI=1S/C49H85O14P/c1-13-36(45(53)56-27-17-18-28-58-64(12,55)57-16-4)38-20-19-30(5)43(60-38)34(9)41(51)33(8)42(52)37(14-2)44-31(6)29-32(7)48(61-44)24-21-39(50)49(63-48)26-25-46(11,62-49)40-22-23-47(54,15-3)35(10)59-40/h21,24,30-41,43-44,50-51,54H,13-20,22-23,25-29H2,1-12H3/t30-,31-,32+,33-,34-,35-,36-,37-,38+,39+,40+,41+,43+,44-,46-,47+,48-,49-,64?/m0/s1. The van der Waals surface area contributed by atoms with Crippen LogP contribution in [0.4, 0.5) is 0 Å². The summed E-state index contributed by atoms with van der Waals surface area (Å²) in [7, 11) is -3.07. The predicted octanol–water partition coefficient (Wildman–Crippen LogP) is 8.30. The Kier molecular flexibility index (Phi) is 18.4. The quantitative estimate of drug-likeness (QED) is 0.0458. The molecule has 1 unspecified atom stereocenters. The summed E-state index contributed by atoms with van der Waals surface area (Å²) < 4.78 is 62.3. The number of esters is 1. The summed E-state index contributed by atoms with van der Waals surface area (Å²) in [4.78, 5) is 28.0. The summed E-state index contributed by atoms with van der Waals surface area (Å²) in [5.74, 6) is -5.23. The van der Waals surface area contributed by atoms with Gasteiger partial charge in [-0.15, -0.1) is 0 Å². The van der Waals surface area contributed by atoms with E-state index >= 15 is 0 Å². The number of carbonyl (C=O) groups excluding carboxylic acids is 2. The Bertz CT molecular complexity index is 1630. The molecule has 0 aromatic carbocycles. The zero-order chi connectivity index (χ0) is 47.4. The summed E-state index contributed by atoms with van der Waals surface area (Å²) in [5, 5.41) is 34.6. The molecular weight excluding hydrogens is 843 g/mol. The fourth-order valence-corrected chi connectivity index (χ4v) is 12.5. The predicted molar refractivity (Wildman–Crippen MR) is 242 cm³/mol. The van der Waals surface area contributed by atoms with Crippen molar-refractivity contribution in [2.45, 2.75) is 219 Å². The summed E-state index contributed by atoms with van der Waals surface area (Å²) in [6.07, 6.45) is 6.65. The van der Waals surface area contributed by atoms with Gasteiger partial charge in [0.1, 0.15) is 11.9 Å². The van der Waals surface area contributed by atoms with E-state index in [1.54, 1.807) is 26.0 Å². The Morgan fingerprint density at radius 1 is 0.875 bits per heavy atom. The number of rotatable bonds is 20. The van der Waals surface area contributed by atoms with Gasteiger partial charge in [0.05, 0.1) is 73.6 Å². The first-order valence-electron chi connectivity index (χ1n) is 24.8. The minimum absolute atomic E-state index is 0.00260. The zero-order valence-electron chi connectivity index (χ0n) is 41.1. The topological polar surface area (TPSA) is 186 Å². The van der Waals surface area contributed by atoms with E-state index in [4.69, 9.17) is 37.5 Å². The van der Waals surface area contributed by atoms with Crippen LogP contribution in [0.15, 0.2) is 12.2 Å². The van der Waals surface area contributed by atoms with Gasteiger partial charge in [-0.1, -0.05) is 55.4 Å². The van der Waals surface area contributed by atoms with Crippen LogP contribution in [0.5, 0.6) is 0 Å². The Hall–Kier alpha value is -1.29. The number of unbranched alkanes of at least 4 members (excludes halogenated alkanes) is 1. The number of carbonyl (C=O) groups is 2. The van der Waals surface area contributed by atoms with Crippen molar-refractivity contribution in [2.24, 2.45) is 41.4 Å². The second-order valence-corrected chi connectivity index (χ2v) is 22.5. The van der Waals surface area contributed by atoms with Crippen LogP contribution in [0.25, 0.3) is 0 Å². The highest BCUT2D eigenvalue weighted by Crippen LogP contribution is 2.54. The van der Waals surface area contributed by atoms with E-state index in [2.05, 4.69) is 20.8 Å². The van der Waals surface area contributed by atoms with Gasteiger partial charge in [0.2, 0.25) is 5.79 Å². The molecule has 0 amide bonds. The summed E-state index contributed by atoms with van der Waals surface area (Å²) in [6, 6.07) is 0. The molecule has 5 aliphatic heterocycles. The van der Waals surface area contributed by atoms with Gasteiger partial charge in [0.15, 0.2) is 5.79 Å². The van der Waals surface area contributed by atoms with E-state index in [0.717, 1.165) is 6.42 Å². The summed E-state index contributed by atoms with van der Waals surface area (Å²) in [5.41, 5.74) is -1.65. The van der Waals surface area contributed by atoms with Crippen molar-refractivity contribution in [3.63, 3.8) is 0 Å². The van der Waals surface area contributed by atoms with Crippen molar-refractivity contribution < 1.29 is 66.9 Å². The molecule has 15 heteroatoms. The number of aliphatic hydroxyl groups is 3. The Morgan fingerprint density at radius 3 is 2.20 bits per heavy atom. The normalized spacial score (nSPS) is 41.3. The molecule has 0 aromatic rings. The third-order valence-electron chi connectivity index (χ3n) is 15.9. The van der Waals surface area contributed by atoms with Gasteiger partial charge in [0.25, 0.3) is 0 Å². The highest BCUT2D eigenvalue weighted by atomic mass is 31.2. The summed E-state index contributed by atoms with van der Waals surface area (Å²) >= 11 is 0. The molecule has 5 rings (SSSR count). The lowest BCUT2D eigenvalue weighted by atomic mass is 9.72. The van der Waals surface area contributed by atoms with Crippen LogP contribution in [0.1, 0.15) is 153 Å². The van der Waals surface area contributed by atoms with Crippen molar-refractivity contribution in [3.8, 4) is 0 Å². The lowest BCUT2D eigenvalue weighted by Gasteiger charge is -2.54. The number of hydrogen-bond acceptors (Lipinski definition) is 14. The van der Waals surface area contributed by atoms with E-state index in [9.17, 15) is 29.5 Å². The van der Waals surface area contributed by atoms with E-state index < -0.39 is 72.4 Å². The fraction of sp³-hybridized carbons (Fsp3) is 0.918. The molecular formula is C49H85O14P. The Labute approximate surface area is 384 Å². The molecule has 14 nitrogen and oxygen atoms in total. The third kappa shape index (κ3) is 11.6. The van der Waals surface area contributed by atoms with Crippen molar-refractivity contribution >= 4 is 19.3 Å². The molecule has 5 heterocycles. The molecule has 0 radical (unpaired) electrons. The van der Waals surface area contributed by atoms with E-state index in [-0.39, 0.29) is 67.1 Å². The van der Waals surface area contributed by atoms with Gasteiger partial charge in [-0.3, -0.25) is 14.2 Å². The number of ketones is 1. The van der Waals surface area contributed by atoms with Crippen LogP contribution in [-0.2, 0) is 51.6 Å². The lowest BCUT2D eigenvalue weighted by molar-refractivity contribution is -0.409. The van der Waals surface area contributed by atoms with Crippen LogP contribution in [0.3, 0.4) is 0 Å². The largest absolute Gasteiger partial charge is 0.465 e. The van der Waals surface area contributed by atoms with Crippen molar-refractivity contribution in [1.29, 1.82) is 0 Å². The van der Waals surface area contributed by atoms with Gasteiger partial charge in [-0.2, -0.15) is 0 Å². The molecule has 4 saturated heterocycles. The second-order valence-electron chi connectivity index (χ2n) is 20.5. The molecule has 2 spiro atoms. The maximum absolute atomic E-state index is 14.7. The maximum Gasteiger partial charge on any atom is 0.327 e. The molecule has 0 aliphatic carbocycles. The molecule has 5 aliphatic rings. The number of ether oxygens (including phenoxy) is 6. The van der Waals surface area contributed by atoms with Crippen molar-refractivity contribution in [1.82, 2.24) is 0 Å². The van der Waals surface area contributed by atoms with Crippen LogP contribution < -0.4 is 0 Å². The fourth-order valence-electron chi connectivity index (χ4n) is 11.5. The van der Waals surface area contributed by atoms with Crippen LogP contribution in [0.2, 0.25) is 0 Å². The van der Waals surface area contributed by atoms with E-state index in [1.165, 1.54) is 6.66 Å². The number of aliphatic hydroxyl groups excluding tert-OH is 2.